The molecule has 0 fully saturated rings. The van der Waals surface area contributed by atoms with E-state index in [-0.39, 0.29) is 18.2 Å². The van der Waals surface area contributed by atoms with E-state index in [0.29, 0.717) is 12.1 Å². The molecule has 0 saturated carbocycles. The molecule has 7 heteroatoms. The minimum absolute atomic E-state index is 0.0427. The second kappa shape index (κ2) is 7.47. The van der Waals surface area contributed by atoms with Gasteiger partial charge in [-0.15, -0.1) is 0 Å². The maximum atomic E-state index is 12.9. The molecule has 2 aromatic rings. The third-order valence-electron chi connectivity index (χ3n) is 4.61. The Morgan fingerprint density at radius 3 is 2.62 bits per heavy atom. The van der Waals surface area contributed by atoms with Gasteiger partial charge in [0.05, 0.1) is 5.75 Å². The van der Waals surface area contributed by atoms with E-state index >= 15 is 0 Å². The summed E-state index contributed by atoms with van der Waals surface area (Å²) in [5, 5.41) is 0. The summed E-state index contributed by atoms with van der Waals surface area (Å²) in [7, 11) is -3.24. The lowest BCUT2D eigenvalue weighted by molar-refractivity contribution is 0.0985. The molecule has 0 aromatic heterocycles. The van der Waals surface area contributed by atoms with E-state index in [4.69, 9.17) is 5.73 Å². The molecular weight excluding hydrogens is 350 g/mol. The number of amides is 1. The van der Waals surface area contributed by atoms with Crippen molar-refractivity contribution in [1.29, 1.82) is 0 Å². The van der Waals surface area contributed by atoms with E-state index in [0.717, 1.165) is 35.3 Å². The van der Waals surface area contributed by atoms with Gasteiger partial charge in [0, 0.05) is 30.0 Å². The molecule has 0 radical (unpaired) electrons. The van der Waals surface area contributed by atoms with Crippen LogP contribution in [0.4, 0.5) is 11.4 Å². The first kappa shape index (κ1) is 18.4. The van der Waals surface area contributed by atoms with Gasteiger partial charge in [-0.1, -0.05) is 18.2 Å². The lowest BCUT2D eigenvalue weighted by Gasteiger charge is -2.30. The fourth-order valence-electron chi connectivity index (χ4n) is 3.08. The molecule has 0 saturated heterocycles. The number of nitrogen functional groups attached to an aromatic ring is 1. The van der Waals surface area contributed by atoms with Crippen molar-refractivity contribution in [1.82, 2.24) is 4.72 Å². The Morgan fingerprint density at radius 2 is 1.92 bits per heavy atom. The Hall–Kier alpha value is -2.38. The monoisotopic (exact) mass is 373 g/mol. The number of carbonyl (C=O) groups excluding carboxylic acids is 1. The highest BCUT2D eigenvalue weighted by Crippen LogP contribution is 2.32. The number of carbonyl (C=O) groups is 1. The molecule has 3 rings (SSSR count). The molecule has 3 N–H and O–H groups in total. The Balaban J connectivity index is 1.77. The van der Waals surface area contributed by atoms with Crippen LogP contribution in [0.3, 0.4) is 0 Å². The molecule has 0 bridgehead atoms. The summed E-state index contributed by atoms with van der Waals surface area (Å²) in [6, 6.07) is 12.7. The zero-order valence-corrected chi connectivity index (χ0v) is 15.6. The summed E-state index contributed by atoms with van der Waals surface area (Å²) >= 11 is 0. The number of nitrogens with two attached hydrogens (primary N) is 1. The zero-order valence-electron chi connectivity index (χ0n) is 14.7. The molecule has 1 aliphatic heterocycles. The van der Waals surface area contributed by atoms with Gasteiger partial charge < -0.3 is 10.6 Å². The lowest BCUT2D eigenvalue weighted by Crippen LogP contribution is -2.35. The van der Waals surface area contributed by atoms with Gasteiger partial charge >= 0.3 is 0 Å². The normalized spacial score (nSPS) is 14.1. The number of benzene rings is 2. The van der Waals surface area contributed by atoms with Crippen LogP contribution in [0.1, 0.15) is 34.8 Å². The fourth-order valence-corrected chi connectivity index (χ4v) is 3.67. The number of hydrogen-bond acceptors (Lipinski definition) is 4. The van der Waals surface area contributed by atoms with Crippen molar-refractivity contribution in [3.63, 3.8) is 0 Å². The Morgan fingerprint density at radius 1 is 1.19 bits per heavy atom. The highest BCUT2D eigenvalue weighted by molar-refractivity contribution is 7.89. The van der Waals surface area contributed by atoms with Crippen molar-refractivity contribution < 1.29 is 13.2 Å². The Bertz CT molecular complexity index is 908. The van der Waals surface area contributed by atoms with E-state index < -0.39 is 10.0 Å². The number of anilines is 2. The molecule has 0 spiro atoms. The maximum Gasteiger partial charge on any atom is 0.258 e. The summed E-state index contributed by atoms with van der Waals surface area (Å²) in [5.74, 6) is -0.0293. The van der Waals surface area contributed by atoms with Crippen molar-refractivity contribution in [2.75, 3.05) is 22.9 Å². The van der Waals surface area contributed by atoms with Crippen molar-refractivity contribution in [2.24, 2.45) is 0 Å². The first-order valence-electron chi connectivity index (χ1n) is 8.67. The number of fused-ring (bicyclic) bond motifs is 1. The second-order valence-electron chi connectivity index (χ2n) is 6.33. The predicted molar refractivity (Wildman–Crippen MR) is 104 cm³/mol. The molecule has 2 aromatic carbocycles. The SMILES string of the molecule is CCS(=O)(=O)NCc1ccc(C(=O)N2CCCc3c(N)cccc32)cc1. The quantitative estimate of drug-likeness (QED) is 0.787. The standard InChI is InChI=1S/C19H23N3O3S/c1-2-26(24,25)21-13-14-8-10-15(11-9-14)19(23)22-12-4-5-16-17(20)6-3-7-18(16)22/h3,6-11,21H,2,4-5,12-13,20H2,1H3. The second-order valence-corrected chi connectivity index (χ2v) is 8.42. The van der Waals surface area contributed by atoms with Crippen LogP contribution in [0.15, 0.2) is 42.5 Å². The lowest BCUT2D eigenvalue weighted by atomic mass is 9.99. The van der Waals surface area contributed by atoms with Gasteiger partial charge in [-0.25, -0.2) is 13.1 Å². The fraction of sp³-hybridized carbons (Fsp3) is 0.316. The van der Waals surface area contributed by atoms with Crippen molar-refractivity contribution in [3.05, 3.63) is 59.2 Å². The maximum absolute atomic E-state index is 12.9. The molecule has 138 valence electrons. The molecule has 0 unspecified atom stereocenters. The van der Waals surface area contributed by atoms with Gasteiger partial charge in [-0.2, -0.15) is 0 Å². The van der Waals surface area contributed by atoms with Gasteiger partial charge in [-0.3, -0.25) is 4.79 Å². The smallest absolute Gasteiger partial charge is 0.258 e. The first-order chi connectivity index (χ1) is 12.4. The molecule has 0 aliphatic carbocycles. The van der Waals surface area contributed by atoms with E-state index in [2.05, 4.69) is 4.72 Å². The van der Waals surface area contributed by atoms with Gasteiger partial charge in [-0.05, 0) is 55.2 Å². The minimum atomic E-state index is -3.24. The van der Waals surface area contributed by atoms with Gasteiger partial charge in [0.25, 0.3) is 5.91 Å². The van der Waals surface area contributed by atoms with Crippen molar-refractivity contribution in [3.8, 4) is 0 Å². The van der Waals surface area contributed by atoms with Crippen LogP contribution in [-0.4, -0.2) is 26.6 Å². The van der Waals surface area contributed by atoms with Crippen LogP contribution in [0.5, 0.6) is 0 Å². The van der Waals surface area contributed by atoms with E-state index in [1.165, 1.54) is 0 Å². The topological polar surface area (TPSA) is 92.5 Å². The molecule has 0 atom stereocenters. The summed E-state index contributed by atoms with van der Waals surface area (Å²) in [4.78, 5) is 14.7. The summed E-state index contributed by atoms with van der Waals surface area (Å²) in [6.07, 6.45) is 1.76. The highest BCUT2D eigenvalue weighted by atomic mass is 32.2. The van der Waals surface area contributed by atoms with Crippen LogP contribution in [-0.2, 0) is 23.0 Å². The molecule has 1 amide bonds. The van der Waals surface area contributed by atoms with E-state index in [1.54, 1.807) is 36.1 Å². The van der Waals surface area contributed by atoms with E-state index in [1.807, 2.05) is 18.2 Å². The van der Waals surface area contributed by atoms with E-state index in [9.17, 15) is 13.2 Å². The average Bonchev–Trinajstić information content (AvgIpc) is 2.66. The Kier molecular flexibility index (Phi) is 5.29. The zero-order chi connectivity index (χ0) is 18.7. The molecule has 1 heterocycles. The number of sulfonamides is 1. The number of nitrogens with one attached hydrogen (secondary N) is 1. The van der Waals surface area contributed by atoms with Crippen LogP contribution in [0, 0.1) is 0 Å². The Labute approximate surface area is 154 Å². The van der Waals surface area contributed by atoms with Crippen LogP contribution in [0.2, 0.25) is 0 Å². The van der Waals surface area contributed by atoms with Gasteiger partial charge in [0.1, 0.15) is 0 Å². The largest absolute Gasteiger partial charge is 0.398 e. The summed E-state index contributed by atoms with van der Waals surface area (Å²) in [5.41, 5.74) is 10.0. The van der Waals surface area contributed by atoms with Crippen LogP contribution in [0.25, 0.3) is 0 Å². The van der Waals surface area contributed by atoms with Gasteiger partial charge in [0.2, 0.25) is 10.0 Å². The third kappa shape index (κ3) is 3.89. The minimum Gasteiger partial charge on any atom is -0.398 e. The molecule has 26 heavy (non-hydrogen) atoms. The summed E-state index contributed by atoms with van der Waals surface area (Å²) < 4.78 is 25.6. The van der Waals surface area contributed by atoms with Crippen LogP contribution < -0.4 is 15.4 Å². The first-order valence-corrected chi connectivity index (χ1v) is 10.3. The molecule has 6 nitrogen and oxygen atoms in total. The number of rotatable bonds is 5. The van der Waals surface area contributed by atoms with Crippen LogP contribution >= 0.6 is 0 Å². The number of nitrogens with zero attached hydrogens (tertiary/aromatic N) is 1. The predicted octanol–water partition coefficient (Wildman–Crippen LogP) is 2.30. The average molecular weight is 373 g/mol. The highest BCUT2D eigenvalue weighted by Gasteiger charge is 2.24. The molecular formula is C19H23N3O3S. The molecule has 1 aliphatic rings. The van der Waals surface area contributed by atoms with Crippen molar-refractivity contribution >= 4 is 27.3 Å². The third-order valence-corrected chi connectivity index (χ3v) is 5.95. The van der Waals surface area contributed by atoms with Gasteiger partial charge in [0.15, 0.2) is 0 Å². The van der Waals surface area contributed by atoms with Crippen molar-refractivity contribution in [2.45, 2.75) is 26.3 Å². The summed E-state index contributed by atoms with van der Waals surface area (Å²) in [6.45, 7) is 2.47. The number of hydrogen-bond donors (Lipinski definition) is 2.